The van der Waals surface area contributed by atoms with E-state index in [1.54, 1.807) is 30.0 Å². The predicted molar refractivity (Wildman–Crippen MR) is 127 cm³/mol. The van der Waals surface area contributed by atoms with Gasteiger partial charge in [0.15, 0.2) is 22.5 Å². The van der Waals surface area contributed by atoms with Crippen LogP contribution in [0.1, 0.15) is 13.8 Å². The number of nitrogens with one attached hydrogen (secondary N) is 1. The largest absolute Gasteiger partial charge is 0.486 e. The maximum atomic E-state index is 12.6. The molecule has 3 aromatic rings. The Bertz CT molecular complexity index is 1130. The van der Waals surface area contributed by atoms with Gasteiger partial charge >= 0.3 is 0 Å². The zero-order valence-corrected chi connectivity index (χ0v) is 20.3. The van der Waals surface area contributed by atoms with E-state index in [2.05, 4.69) is 20.6 Å². The summed E-state index contributed by atoms with van der Waals surface area (Å²) in [6.45, 7) is 7.10. The van der Waals surface area contributed by atoms with Crippen LogP contribution in [0.15, 0.2) is 29.6 Å². The van der Waals surface area contributed by atoms with Crippen molar-refractivity contribution >= 4 is 23.4 Å². The van der Waals surface area contributed by atoms with Gasteiger partial charge in [-0.3, -0.25) is 14.0 Å². The van der Waals surface area contributed by atoms with E-state index in [-0.39, 0.29) is 11.7 Å². The topological polar surface area (TPSA) is 115 Å². The van der Waals surface area contributed by atoms with Crippen molar-refractivity contribution in [2.24, 2.45) is 0 Å². The molecule has 0 spiro atoms. The molecule has 0 saturated heterocycles. The van der Waals surface area contributed by atoms with Crippen LogP contribution in [-0.4, -0.2) is 69.7 Å². The number of thioether (sulfide) groups is 1. The van der Waals surface area contributed by atoms with Gasteiger partial charge in [0.05, 0.1) is 25.5 Å². The van der Waals surface area contributed by atoms with Crippen LogP contribution >= 0.6 is 11.8 Å². The summed E-state index contributed by atoms with van der Waals surface area (Å²) in [7, 11) is 1.64. The molecule has 0 unspecified atom stereocenters. The number of anilines is 1. The molecule has 0 fully saturated rings. The summed E-state index contributed by atoms with van der Waals surface area (Å²) in [6.07, 6.45) is 1.89. The molecule has 1 N–H and O–H groups in total. The fourth-order valence-corrected chi connectivity index (χ4v) is 4.15. The summed E-state index contributed by atoms with van der Waals surface area (Å²) in [5.41, 5.74) is 1.39. The molecular weight excluding hydrogens is 460 g/mol. The molecule has 1 aliphatic heterocycles. The van der Waals surface area contributed by atoms with E-state index in [0.717, 1.165) is 5.56 Å². The molecule has 182 valence electrons. The standard InChI is InChI=1S/C22H28N6O5S/c1-4-27-13-16(21(26-27)31-5-2)20-24-25-22(28(20)8-9-30-3)34-14-19(29)23-15-6-7-17-18(12-15)33-11-10-32-17/h6-7,12-13H,4-5,8-11,14H2,1-3H3,(H,23,29). The Morgan fingerprint density at radius 3 is 2.79 bits per heavy atom. The number of aryl methyl sites for hydroxylation is 1. The average molecular weight is 489 g/mol. The molecule has 0 aliphatic carbocycles. The van der Waals surface area contributed by atoms with Crippen LogP contribution < -0.4 is 19.5 Å². The summed E-state index contributed by atoms with van der Waals surface area (Å²) < 4.78 is 25.8. The van der Waals surface area contributed by atoms with Crippen molar-refractivity contribution in [3.05, 3.63) is 24.4 Å². The second-order valence-corrected chi connectivity index (χ2v) is 8.23. The van der Waals surface area contributed by atoms with Crippen LogP contribution in [0.25, 0.3) is 11.4 Å². The molecule has 0 bridgehead atoms. The van der Waals surface area contributed by atoms with Gasteiger partial charge in [-0.15, -0.1) is 15.3 Å². The fraction of sp³-hybridized carbons (Fsp3) is 0.455. The average Bonchev–Trinajstić information content (AvgIpc) is 3.44. The number of methoxy groups -OCH3 is 1. The predicted octanol–water partition coefficient (Wildman–Crippen LogP) is 2.71. The van der Waals surface area contributed by atoms with E-state index >= 15 is 0 Å². The Labute approximate surface area is 201 Å². The number of fused-ring (bicyclic) bond motifs is 1. The monoisotopic (exact) mass is 488 g/mol. The van der Waals surface area contributed by atoms with Gasteiger partial charge in [0.25, 0.3) is 0 Å². The molecule has 0 radical (unpaired) electrons. The Kier molecular flexibility index (Phi) is 7.91. The first-order valence-corrected chi connectivity index (χ1v) is 12.1. The van der Waals surface area contributed by atoms with E-state index in [9.17, 15) is 4.79 Å². The quantitative estimate of drug-likeness (QED) is 0.407. The van der Waals surface area contributed by atoms with E-state index in [4.69, 9.17) is 18.9 Å². The number of nitrogens with zero attached hydrogens (tertiary/aromatic N) is 5. The van der Waals surface area contributed by atoms with E-state index in [1.165, 1.54) is 11.8 Å². The number of amides is 1. The minimum Gasteiger partial charge on any atom is -0.486 e. The van der Waals surface area contributed by atoms with E-state index < -0.39 is 0 Å². The highest BCUT2D eigenvalue weighted by Crippen LogP contribution is 2.33. The third-order valence-corrected chi connectivity index (χ3v) is 5.93. The van der Waals surface area contributed by atoms with Crippen LogP contribution in [0.2, 0.25) is 0 Å². The molecule has 0 saturated carbocycles. The molecule has 2 aromatic heterocycles. The lowest BCUT2D eigenvalue weighted by atomic mass is 10.2. The molecule has 1 aliphatic rings. The summed E-state index contributed by atoms with van der Waals surface area (Å²) in [6, 6.07) is 5.34. The minimum atomic E-state index is -0.168. The van der Waals surface area contributed by atoms with Gasteiger partial charge in [-0.2, -0.15) is 0 Å². The van der Waals surface area contributed by atoms with Gasteiger partial charge in [0.1, 0.15) is 18.8 Å². The van der Waals surface area contributed by atoms with Crippen molar-refractivity contribution in [1.82, 2.24) is 24.5 Å². The number of aromatic nitrogens is 5. The van der Waals surface area contributed by atoms with E-state index in [0.29, 0.717) is 73.6 Å². The fourth-order valence-electron chi connectivity index (χ4n) is 3.39. The van der Waals surface area contributed by atoms with Crippen molar-refractivity contribution in [2.75, 3.05) is 44.6 Å². The van der Waals surface area contributed by atoms with Gasteiger partial charge in [0, 0.05) is 31.6 Å². The Balaban J connectivity index is 1.48. The summed E-state index contributed by atoms with van der Waals surface area (Å²) in [5.74, 6) is 2.41. The smallest absolute Gasteiger partial charge is 0.243 e. The molecule has 4 rings (SSSR count). The lowest BCUT2D eigenvalue weighted by Crippen LogP contribution is -2.17. The van der Waals surface area contributed by atoms with Crippen LogP contribution in [0.5, 0.6) is 17.4 Å². The molecular formula is C22H28N6O5S. The zero-order valence-electron chi connectivity index (χ0n) is 19.4. The number of benzene rings is 1. The highest BCUT2D eigenvalue weighted by molar-refractivity contribution is 7.99. The van der Waals surface area contributed by atoms with Gasteiger partial charge in [0.2, 0.25) is 11.8 Å². The third-order valence-electron chi connectivity index (χ3n) is 4.97. The molecule has 11 nitrogen and oxygen atoms in total. The Hall–Kier alpha value is -3.25. The molecule has 1 amide bonds. The molecule has 0 atom stereocenters. The molecule has 34 heavy (non-hydrogen) atoms. The zero-order chi connectivity index (χ0) is 23.9. The summed E-state index contributed by atoms with van der Waals surface area (Å²) in [4.78, 5) is 12.6. The second kappa shape index (κ2) is 11.3. The maximum Gasteiger partial charge on any atom is 0.243 e. The number of carbonyl (C=O) groups excluding carboxylic acids is 1. The number of carbonyl (C=O) groups is 1. The van der Waals surface area contributed by atoms with Crippen molar-refractivity contribution in [3.8, 4) is 28.8 Å². The molecule has 1 aromatic carbocycles. The van der Waals surface area contributed by atoms with Crippen molar-refractivity contribution < 1.29 is 23.7 Å². The normalized spacial score (nSPS) is 12.6. The van der Waals surface area contributed by atoms with Gasteiger partial charge < -0.3 is 24.3 Å². The first kappa shape index (κ1) is 23.9. The third kappa shape index (κ3) is 5.45. The first-order valence-electron chi connectivity index (χ1n) is 11.1. The molecule has 12 heteroatoms. The Morgan fingerprint density at radius 2 is 2.03 bits per heavy atom. The first-order chi connectivity index (χ1) is 16.6. The van der Waals surface area contributed by atoms with Crippen LogP contribution in [0.4, 0.5) is 5.69 Å². The van der Waals surface area contributed by atoms with Crippen LogP contribution in [-0.2, 0) is 22.6 Å². The SMILES string of the molecule is CCOc1nn(CC)cc1-c1nnc(SCC(=O)Nc2ccc3c(c2)OCCO3)n1CCOC. The number of hydrogen-bond donors (Lipinski definition) is 1. The summed E-state index contributed by atoms with van der Waals surface area (Å²) in [5, 5.41) is 16.7. The number of ether oxygens (including phenoxy) is 4. The van der Waals surface area contributed by atoms with Gasteiger partial charge in [-0.25, -0.2) is 0 Å². The van der Waals surface area contributed by atoms with Crippen molar-refractivity contribution in [3.63, 3.8) is 0 Å². The van der Waals surface area contributed by atoms with Crippen molar-refractivity contribution in [1.29, 1.82) is 0 Å². The highest BCUT2D eigenvalue weighted by Gasteiger charge is 2.22. The Morgan fingerprint density at radius 1 is 1.21 bits per heavy atom. The minimum absolute atomic E-state index is 0.159. The summed E-state index contributed by atoms with van der Waals surface area (Å²) >= 11 is 1.30. The van der Waals surface area contributed by atoms with Crippen molar-refractivity contribution in [2.45, 2.75) is 32.1 Å². The van der Waals surface area contributed by atoms with E-state index in [1.807, 2.05) is 24.6 Å². The second-order valence-electron chi connectivity index (χ2n) is 7.28. The van der Waals surface area contributed by atoms with Crippen LogP contribution in [0, 0.1) is 0 Å². The van der Waals surface area contributed by atoms with Gasteiger partial charge in [-0.1, -0.05) is 11.8 Å². The van der Waals surface area contributed by atoms with Crippen LogP contribution in [0.3, 0.4) is 0 Å². The van der Waals surface area contributed by atoms with Gasteiger partial charge in [-0.05, 0) is 26.0 Å². The number of rotatable bonds is 11. The number of hydrogen-bond acceptors (Lipinski definition) is 9. The maximum absolute atomic E-state index is 12.6. The molecule has 3 heterocycles. The lowest BCUT2D eigenvalue weighted by molar-refractivity contribution is -0.113. The lowest BCUT2D eigenvalue weighted by Gasteiger charge is -2.19. The highest BCUT2D eigenvalue weighted by atomic mass is 32.2.